The van der Waals surface area contributed by atoms with E-state index in [1.165, 1.54) is 0 Å². The largest absolute Gasteiger partial charge is 0.480 e. The molecule has 0 radical (unpaired) electrons. The highest BCUT2D eigenvalue weighted by atomic mass is 32.2. The van der Waals surface area contributed by atoms with Gasteiger partial charge in [0.25, 0.3) is 0 Å². The SMILES string of the molecule is CSCC[C@H](N)C(=O)NCC(=O)O. The Balaban J connectivity index is 3.63. The Hall–Kier alpha value is -0.750. The number of rotatable bonds is 6. The number of carboxylic acid groups (broad SMARTS) is 1. The van der Waals surface area contributed by atoms with Gasteiger partial charge in [0.15, 0.2) is 0 Å². The first-order valence-electron chi connectivity index (χ1n) is 3.82. The molecular weight excluding hydrogens is 192 g/mol. The molecule has 0 unspecified atom stereocenters. The van der Waals surface area contributed by atoms with Gasteiger partial charge in [0.2, 0.25) is 5.91 Å². The molecule has 0 aliphatic heterocycles. The molecule has 13 heavy (non-hydrogen) atoms. The number of carbonyl (C=O) groups excluding carboxylic acids is 1. The van der Waals surface area contributed by atoms with Crippen molar-refractivity contribution in [3.63, 3.8) is 0 Å². The Morgan fingerprint density at radius 2 is 2.23 bits per heavy atom. The lowest BCUT2D eigenvalue weighted by Crippen LogP contribution is -2.42. The Morgan fingerprint density at radius 1 is 1.62 bits per heavy atom. The van der Waals surface area contributed by atoms with E-state index < -0.39 is 17.9 Å². The molecule has 5 nitrogen and oxygen atoms in total. The first-order valence-corrected chi connectivity index (χ1v) is 5.21. The molecule has 4 N–H and O–H groups in total. The minimum Gasteiger partial charge on any atom is -0.480 e. The van der Waals surface area contributed by atoms with E-state index in [0.29, 0.717) is 6.42 Å². The summed E-state index contributed by atoms with van der Waals surface area (Å²) in [7, 11) is 0. The number of nitrogens with two attached hydrogens (primary N) is 1. The number of aliphatic carboxylic acids is 1. The standard InChI is InChI=1S/C7H14N2O3S/c1-13-3-2-5(8)7(12)9-4-6(10)11/h5H,2-4,8H2,1H3,(H,9,12)(H,10,11)/t5-/m0/s1. The molecule has 0 aromatic heterocycles. The lowest BCUT2D eigenvalue weighted by molar-refractivity contribution is -0.138. The summed E-state index contributed by atoms with van der Waals surface area (Å²) in [4.78, 5) is 21.1. The molecule has 0 heterocycles. The molecule has 0 saturated heterocycles. The zero-order chi connectivity index (χ0) is 10.3. The number of amides is 1. The van der Waals surface area contributed by atoms with Crippen LogP contribution in [0, 0.1) is 0 Å². The predicted molar refractivity (Wildman–Crippen MR) is 51.6 cm³/mol. The van der Waals surface area contributed by atoms with Crippen molar-refractivity contribution in [1.82, 2.24) is 5.32 Å². The third-order valence-corrected chi connectivity index (χ3v) is 2.03. The number of carbonyl (C=O) groups is 2. The molecule has 0 fully saturated rings. The quantitative estimate of drug-likeness (QED) is 0.532. The predicted octanol–water partition coefficient (Wildman–Crippen LogP) is -0.732. The summed E-state index contributed by atoms with van der Waals surface area (Å²) < 4.78 is 0. The highest BCUT2D eigenvalue weighted by molar-refractivity contribution is 7.98. The van der Waals surface area contributed by atoms with Crippen molar-refractivity contribution in [1.29, 1.82) is 0 Å². The summed E-state index contributed by atoms with van der Waals surface area (Å²) in [5.41, 5.74) is 5.47. The van der Waals surface area contributed by atoms with E-state index in [9.17, 15) is 9.59 Å². The van der Waals surface area contributed by atoms with Crippen LogP contribution in [-0.2, 0) is 9.59 Å². The van der Waals surface area contributed by atoms with Crippen molar-refractivity contribution in [3.8, 4) is 0 Å². The molecular formula is C7H14N2O3S. The van der Waals surface area contributed by atoms with Gasteiger partial charge in [0.1, 0.15) is 6.54 Å². The molecule has 1 amide bonds. The minimum absolute atomic E-state index is 0.369. The van der Waals surface area contributed by atoms with Crippen LogP contribution < -0.4 is 11.1 Å². The van der Waals surface area contributed by atoms with Gasteiger partial charge in [-0.05, 0) is 18.4 Å². The molecule has 0 aliphatic carbocycles. The second-order valence-corrected chi connectivity index (χ2v) is 3.49. The van der Waals surface area contributed by atoms with Crippen LogP contribution in [-0.4, -0.2) is 41.6 Å². The van der Waals surface area contributed by atoms with Crippen LogP contribution in [0.2, 0.25) is 0 Å². The third kappa shape index (κ3) is 6.41. The molecule has 0 rings (SSSR count). The number of carboxylic acids is 1. The topological polar surface area (TPSA) is 92.4 Å². The van der Waals surface area contributed by atoms with Crippen LogP contribution in [0.25, 0.3) is 0 Å². The van der Waals surface area contributed by atoms with Crippen molar-refractivity contribution in [2.45, 2.75) is 12.5 Å². The van der Waals surface area contributed by atoms with Crippen molar-refractivity contribution in [3.05, 3.63) is 0 Å². The average Bonchev–Trinajstić information content (AvgIpc) is 2.10. The lowest BCUT2D eigenvalue weighted by atomic mass is 10.2. The maximum atomic E-state index is 11.0. The Morgan fingerprint density at radius 3 is 2.69 bits per heavy atom. The molecule has 76 valence electrons. The van der Waals surface area contributed by atoms with Gasteiger partial charge in [0, 0.05) is 0 Å². The van der Waals surface area contributed by atoms with Crippen molar-refractivity contribution in [2.24, 2.45) is 5.73 Å². The van der Waals surface area contributed by atoms with E-state index >= 15 is 0 Å². The van der Waals surface area contributed by atoms with E-state index in [-0.39, 0.29) is 6.54 Å². The number of hydrogen-bond donors (Lipinski definition) is 3. The van der Waals surface area contributed by atoms with Crippen molar-refractivity contribution in [2.75, 3.05) is 18.6 Å². The van der Waals surface area contributed by atoms with Gasteiger partial charge in [-0.1, -0.05) is 0 Å². The molecule has 0 aromatic carbocycles. The molecule has 0 spiro atoms. The molecule has 0 aliphatic rings. The highest BCUT2D eigenvalue weighted by Gasteiger charge is 2.12. The monoisotopic (exact) mass is 206 g/mol. The zero-order valence-electron chi connectivity index (χ0n) is 7.45. The van der Waals surface area contributed by atoms with E-state index in [1.54, 1.807) is 11.8 Å². The van der Waals surface area contributed by atoms with Crippen LogP contribution in [0.1, 0.15) is 6.42 Å². The number of nitrogens with one attached hydrogen (secondary N) is 1. The van der Waals surface area contributed by atoms with Gasteiger partial charge in [-0.15, -0.1) is 0 Å². The first-order chi connectivity index (χ1) is 6.07. The van der Waals surface area contributed by atoms with Gasteiger partial charge in [0.05, 0.1) is 6.04 Å². The second-order valence-electron chi connectivity index (χ2n) is 2.50. The summed E-state index contributed by atoms with van der Waals surface area (Å²) in [6.07, 6.45) is 2.48. The fourth-order valence-corrected chi connectivity index (χ4v) is 1.16. The Kier molecular flexibility index (Phi) is 6.34. The van der Waals surface area contributed by atoms with Crippen molar-refractivity contribution < 1.29 is 14.7 Å². The molecule has 1 atom stereocenters. The highest BCUT2D eigenvalue weighted by Crippen LogP contribution is 1.98. The van der Waals surface area contributed by atoms with E-state index in [2.05, 4.69) is 5.32 Å². The van der Waals surface area contributed by atoms with E-state index in [0.717, 1.165) is 5.75 Å². The number of hydrogen-bond acceptors (Lipinski definition) is 4. The van der Waals surface area contributed by atoms with Crippen LogP contribution in [0.15, 0.2) is 0 Å². The second kappa shape index (κ2) is 6.73. The number of thioether (sulfide) groups is 1. The Bertz CT molecular complexity index is 187. The van der Waals surface area contributed by atoms with Gasteiger partial charge in [-0.2, -0.15) is 11.8 Å². The van der Waals surface area contributed by atoms with Crippen LogP contribution in [0.4, 0.5) is 0 Å². The Labute approximate surface area is 81.1 Å². The fraction of sp³-hybridized carbons (Fsp3) is 0.714. The lowest BCUT2D eigenvalue weighted by Gasteiger charge is -2.09. The summed E-state index contributed by atoms with van der Waals surface area (Å²) in [5.74, 6) is -0.677. The van der Waals surface area contributed by atoms with Crippen LogP contribution >= 0.6 is 11.8 Å². The van der Waals surface area contributed by atoms with E-state index in [4.69, 9.17) is 10.8 Å². The first kappa shape index (κ1) is 12.2. The summed E-state index contributed by atoms with van der Waals surface area (Å²) in [6.45, 7) is -0.369. The van der Waals surface area contributed by atoms with Gasteiger partial charge in [-0.3, -0.25) is 9.59 Å². The minimum atomic E-state index is -1.06. The maximum absolute atomic E-state index is 11.0. The van der Waals surface area contributed by atoms with Gasteiger partial charge in [-0.25, -0.2) is 0 Å². The maximum Gasteiger partial charge on any atom is 0.322 e. The van der Waals surface area contributed by atoms with Crippen LogP contribution in [0.3, 0.4) is 0 Å². The summed E-state index contributed by atoms with van der Waals surface area (Å²) in [5, 5.41) is 10.5. The molecule has 6 heteroatoms. The fourth-order valence-electron chi connectivity index (χ4n) is 0.670. The molecule has 0 saturated carbocycles. The third-order valence-electron chi connectivity index (χ3n) is 1.38. The average molecular weight is 206 g/mol. The smallest absolute Gasteiger partial charge is 0.322 e. The van der Waals surface area contributed by atoms with Crippen LogP contribution in [0.5, 0.6) is 0 Å². The summed E-state index contributed by atoms with van der Waals surface area (Å²) in [6, 6.07) is -0.605. The van der Waals surface area contributed by atoms with Gasteiger partial charge < -0.3 is 16.2 Å². The molecule has 0 bridgehead atoms. The van der Waals surface area contributed by atoms with E-state index in [1.807, 2.05) is 6.26 Å². The normalized spacial score (nSPS) is 12.2. The van der Waals surface area contributed by atoms with Gasteiger partial charge >= 0.3 is 5.97 Å². The zero-order valence-corrected chi connectivity index (χ0v) is 8.26. The molecule has 0 aromatic rings. The van der Waals surface area contributed by atoms with Crippen molar-refractivity contribution >= 4 is 23.6 Å². The summed E-state index contributed by atoms with van der Waals surface area (Å²) >= 11 is 1.60.